The molecule has 0 radical (unpaired) electrons. The van der Waals surface area contributed by atoms with Gasteiger partial charge in [-0.1, -0.05) is 20.3 Å². The molecule has 20 heavy (non-hydrogen) atoms. The van der Waals surface area contributed by atoms with E-state index in [1.54, 1.807) is 0 Å². The lowest BCUT2D eigenvalue weighted by molar-refractivity contribution is 0.126. The maximum atomic E-state index is 11.2. The topological polar surface area (TPSA) is 116 Å². The van der Waals surface area contributed by atoms with Crippen LogP contribution in [-0.2, 0) is 10.0 Å². The fraction of sp³-hybridized carbons (Fsp3) is 0.462. The second-order valence-electron chi connectivity index (χ2n) is 4.70. The first kappa shape index (κ1) is 16.4. The number of hydrogen-bond acceptors (Lipinski definition) is 5. The van der Waals surface area contributed by atoms with Gasteiger partial charge in [0.1, 0.15) is 6.07 Å². The summed E-state index contributed by atoms with van der Waals surface area (Å²) in [5.41, 5.74) is 0.648. The van der Waals surface area contributed by atoms with Crippen molar-refractivity contribution in [3.63, 3.8) is 0 Å². The fourth-order valence-corrected chi connectivity index (χ4v) is 2.17. The second kappa shape index (κ2) is 6.70. The maximum Gasteiger partial charge on any atom is 0.238 e. The first-order valence-electron chi connectivity index (χ1n) is 6.28. The smallest absolute Gasteiger partial charge is 0.238 e. The highest BCUT2D eigenvalue weighted by Gasteiger charge is 2.14. The first-order chi connectivity index (χ1) is 9.29. The summed E-state index contributed by atoms with van der Waals surface area (Å²) >= 11 is 0. The van der Waals surface area contributed by atoms with Crippen LogP contribution in [0.4, 0.5) is 5.69 Å². The average molecular weight is 297 g/mol. The highest BCUT2D eigenvalue weighted by atomic mass is 32.2. The van der Waals surface area contributed by atoms with Crippen LogP contribution in [0.25, 0.3) is 0 Å². The molecule has 7 heteroatoms. The minimum Gasteiger partial charge on any atom is -0.391 e. The van der Waals surface area contributed by atoms with Crippen LogP contribution < -0.4 is 10.5 Å². The standard InChI is InChI=1S/C13H19N3O3S/c1-3-9(2)13(17)8-16-12-5-4-11(20(15,18)19)6-10(12)7-14/h4-6,9,13,16-17H,3,8H2,1-2H3,(H2,15,18,19). The number of sulfonamides is 1. The van der Waals surface area contributed by atoms with E-state index in [0.717, 1.165) is 6.42 Å². The maximum absolute atomic E-state index is 11.2. The number of nitriles is 1. The van der Waals surface area contributed by atoms with E-state index >= 15 is 0 Å². The predicted octanol–water partition coefficient (Wildman–Crippen LogP) is 1.02. The number of aliphatic hydroxyl groups is 1. The Morgan fingerprint density at radius 1 is 1.50 bits per heavy atom. The summed E-state index contributed by atoms with van der Waals surface area (Å²) in [7, 11) is -3.83. The Hall–Kier alpha value is -1.62. The van der Waals surface area contributed by atoms with E-state index < -0.39 is 16.1 Å². The summed E-state index contributed by atoms with van der Waals surface area (Å²) in [4.78, 5) is -0.109. The molecule has 1 rings (SSSR count). The van der Waals surface area contributed by atoms with Gasteiger partial charge in [0.15, 0.2) is 0 Å². The van der Waals surface area contributed by atoms with Crippen LogP contribution in [0.1, 0.15) is 25.8 Å². The number of rotatable bonds is 6. The Kier molecular flexibility index (Phi) is 5.51. The second-order valence-corrected chi connectivity index (χ2v) is 6.26. The highest BCUT2D eigenvalue weighted by molar-refractivity contribution is 7.89. The molecular weight excluding hydrogens is 278 g/mol. The van der Waals surface area contributed by atoms with Crippen LogP contribution in [0.3, 0.4) is 0 Å². The molecule has 0 aliphatic heterocycles. The molecule has 1 aromatic rings. The van der Waals surface area contributed by atoms with E-state index in [0.29, 0.717) is 12.2 Å². The molecule has 2 atom stereocenters. The molecule has 0 spiro atoms. The number of hydrogen-bond donors (Lipinski definition) is 3. The Labute approximate surface area is 119 Å². The SMILES string of the molecule is CCC(C)C(O)CNc1ccc(S(N)(=O)=O)cc1C#N. The van der Waals surface area contributed by atoms with Crippen LogP contribution in [0.15, 0.2) is 23.1 Å². The molecule has 2 unspecified atom stereocenters. The molecule has 4 N–H and O–H groups in total. The first-order valence-corrected chi connectivity index (χ1v) is 7.83. The summed E-state index contributed by atoms with van der Waals surface area (Å²) in [6, 6.07) is 5.93. The molecule has 0 aliphatic carbocycles. The molecule has 0 fully saturated rings. The Balaban J connectivity index is 2.90. The predicted molar refractivity (Wildman–Crippen MR) is 76.5 cm³/mol. The molecule has 6 nitrogen and oxygen atoms in total. The fourth-order valence-electron chi connectivity index (χ4n) is 1.63. The minimum absolute atomic E-state index is 0.109. The largest absolute Gasteiger partial charge is 0.391 e. The van der Waals surface area contributed by atoms with Crippen LogP contribution in [0, 0.1) is 17.2 Å². The molecule has 0 bridgehead atoms. The van der Waals surface area contributed by atoms with Crippen molar-refractivity contribution in [1.82, 2.24) is 0 Å². The van der Waals surface area contributed by atoms with Gasteiger partial charge in [0, 0.05) is 6.54 Å². The number of primary sulfonamides is 1. The highest BCUT2D eigenvalue weighted by Crippen LogP contribution is 2.19. The van der Waals surface area contributed by atoms with Gasteiger partial charge in [-0.3, -0.25) is 0 Å². The van der Waals surface area contributed by atoms with Crippen molar-refractivity contribution in [3.8, 4) is 6.07 Å². The van der Waals surface area contributed by atoms with Crippen LogP contribution in [0.5, 0.6) is 0 Å². The van der Waals surface area contributed by atoms with Gasteiger partial charge < -0.3 is 10.4 Å². The van der Waals surface area contributed by atoms with Crippen molar-refractivity contribution < 1.29 is 13.5 Å². The van der Waals surface area contributed by atoms with Gasteiger partial charge >= 0.3 is 0 Å². The van der Waals surface area contributed by atoms with Gasteiger partial charge in [-0.05, 0) is 24.1 Å². The molecular formula is C13H19N3O3S. The summed E-state index contributed by atoms with van der Waals surface area (Å²) < 4.78 is 22.4. The molecule has 0 aliphatic rings. The molecule has 0 amide bonds. The normalized spacial score (nSPS) is 14.3. The Bertz CT molecular complexity index is 608. The van der Waals surface area contributed by atoms with Crippen molar-refractivity contribution in [3.05, 3.63) is 23.8 Å². The average Bonchev–Trinajstić information content (AvgIpc) is 2.42. The number of nitrogens with zero attached hydrogens (tertiary/aromatic N) is 1. The van der Waals surface area contributed by atoms with E-state index in [2.05, 4.69) is 5.32 Å². The number of benzene rings is 1. The minimum atomic E-state index is -3.83. The van der Waals surface area contributed by atoms with E-state index in [-0.39, 0.29) is 16.4 Å². The van der Waals surface area contributed by atoms with Crippen LogP contribution in [0.2, 0.25) is 0 Å². The Morgan fingerprint density at radius 3 is 2.65 bits per heavy atom. The third kappa shape index (κ3) is 4.20. The van der Waals surface area contributed by atoms with Crippen molar-refractivity contribution in [1.29, 1.82) is 5.26 Å². The van der Waals surface area contributed by atoms with Crippen LogP contribution >= 0.6 is 0 Å². The van der Waals surface area contributed by atoms with E-state index in [1.165, 1.54) is 18.2 Å². The molecule has 110 valence electrons. The molecule has 0 aromatic heterocycles. The zero-order valence-corrected chi connectivity index (χ0v) is 12.3. The van der Waals surface area contributed by atoms with Crippen molar-refractivity contribution in [2.45, 2.75) is 31.3 Å². The van der Waals surface area contributed by atoms with Gasteiger partial charge in [0.05, 0.1) is 22.3 Å². The number of nitrogens with one attached hydrogen (secondary N) is 1. The molecule has 0 saturated heterocycles. The molecule has 1 aromatic carbocycles. The van der Waals surface area contributed by atoms with Crippen LogP contribution in [-0.4, -0.2) is 26.2 Å². The zero-order chi connectivity index (χ0) is 15.3. The third-order valence-electron chi connectivity index (χ3n) is 3.24. The summed E-state index contributed by atoms with van der Waals surface area (Å²) in [6.45, 7) is 4.20. The van der Waals surface area contributed by atoms with Crippen molar-refractivity contribution >= 4 is 15.7 Å². The number of aliphatic hydroxyl groups excluding tert-OH is 1. The molecule has 0 saturated carbocycles. The van der Waals surface area contributed by atoms with Crippen molar-refractivity contribution in [2.75, 3.05) is 11.9 Å². The lowest BCUT2D eigenvalue weighted by atomic mass is 10.0. The summed E-state index contributed by atoms with van der Waals surface area (Å²) in [5, 5.41) is 26.9. The number of anilines is 1. The third-order valence-corrected chi connectivity index (χ3v) is 4.15. The summed E-state index contributed by atoms with van der Waals surface area (Å²) in [5.74, 6) is 0.136. The van der Waals surface area contributed by atoms with Crippen molar-refractivity contribution in [2.24, 2.45) is 11.1 Å². The lowest BCUT2D eigenvalue weighted by Gasteiger charge is -2.18. The number of nitrogens with two attached hydrogens (primary N) is 1. The van der Waals surface area contributed by atoms with E-state index in [4.69, 9.17) is 10.4 Å². The molecule has 0 heterocycles. The van der Waals surface area contributed by atoms with Gasteiger partial charge in [-0.2, -0.15) is 5.26 Å². The Morgan fingerprint density at radius 2 is 2.15 bits per heavy atom. The van der Waals surface area contributed by atoms with Gasteiger partial charge in [-0.15, -0.1) is 0 Å². The monoisotopic (exact) mass is 297 g/mol. The van der Waals surface area contributed by atoms with Gasteiger partial charge in [-0.25, -0.2) is 13.6 Å². The zero-order valence-electron chi connectivity index (χ0n) is 11.5. The van der Waals surface area contributed by atoms with E-state index in [9.17, 15) is 13.5 Å². The van der Waals surface area contributed by atoms with Gasteiger partial charge in [0.2, 0.25) is 10.0 Å². The summed E-state index contributed by atoms with van der Waals surface area (Å²) in [6.07, 6.45) is 0.308. The van der Waals surface area contributed by atoms with Gasteiger partial charge in [0.25, 0.3) is 0 Å². The lowest BCUT2D eigenvalue weighted by Crippen LogP contribution is -2.26. The van der Waals surface area contributed by atoms with E-state index in [1.807, 2.05) is 19.9 Å². The quantitative estimate of drug-likeness (QED) is 0.725.